The lowest BCUT2D eigenvalue weighted by atomic mass is 9.96. The van der Waals surface area contributed by atoms with Crippen molar-refractivity contribution in [1.82, 2.24) is 4.98 Å². The summed E-state index contributed by atoms with van der Waals surface area (Å²) in [5.41, 5.74) is 2.78. The summed E-state index contributed by atoms with van der Waals surface area (Å²) < 4.78 is 5.11. The van der Waals surface area contributed by atoms with Crippen LogP contribution in [0.3, 0.4) is 0 Å². The monoisotopic (exact) mass is 257 g/mol. The Morgan fingerprint density at radius 3 is 2.58 bits per heavy atom. The highest BCUT2D eigenvalue weighted by molar-refractivity contribution is 6.02. The molecule has 1 aromatic heterocycles. The third-order valence-corrected chi connectivity index (χ3v) is 3.54. The fourth-order valence-electron chi connectivity index (χ4n) is 2.55. The van der Waals surface area contributed by atoms with Gasteiger partial charge in [0.25, 0.3) is 0 Å². The van der Waals surface area contributed by atoms with Gasteiger partial charge in [-0.2, -0.15) is 0 Å². The number of H-pyrrole nitrogens is 1. The van der Waals surface area contributed by atoms with Crippen LogP contribution < -0.4 is 4.74 Å². The lowest BCUT2D eigenvalue weighted by molar-refractivity contribution is 0.0970. The summed E-state index contributed by atoms with van der Waals surface area (Å²) in [6.45, 7) is 0. The van der Waals surface area contributed by atoms with Crippen LogP contribution in [0.4, 0.5) is 0 Å². The molecule has 0 radical (unpaired) electrons. The van der Waals surface area contributed by atoms with Crippen LogP contribution in [0, 0.1) is 0 Å². The molecule has 0 fully saturated rings. The normalized spacial score (nSPS) is 14.3. The molecule has 4 nitrogen and oxygen atoms in total. The van der Waals surface area contributed by atoms with Crippen LogP contribution in [-0.2, 0) is 6.42 Å². The summed E-state index contributed by atoms with van der Waals surface area (Å²) in [4.78, 5) is 15.0. The Bertz CT molecular complexity index is 626. The van der Waals surface area contributed by atoms with E-state index in [0.29, 0.717) is 17.7 Å². The van der Waals surface area contributed by atoms with Crippen LogP contribution in [0.2, 0.25) is 0 Å². The summed E-state index contributed by atoms with van der Waals surface area (Å²) in [6, 6.07) is 7.38. The number of carbonyl (C=O) groups is 1. The molecule has 19 heavy (non-hydrogen) atoms. The molecule has 0 aliphatic heterocycles. The summed E-state index contributed by atoms with van der Waals surface area (Å²) in [5, 5.41) is 10.2. The molecule has 0 unspecified atom stereocenters. The average Bonchev–Trinajstić information content (AvgIpc) is 2.78. The first kappa shape index (κ1) is 11.8. The smallest absolute Gasteiger partial charge is 0.168 e. The van der Waals surface area contributed by atoms with Crippen molar-refractivity contribution >= 4 is 5.78 Å². The highest BCUT2D eigenvalue weighted by Gasteiger charge is 2.26. The number of ether oxygens (including phenoxy) is 1. The number of aromatic nitrogens is 1. The van der Waals surface area contributed by atoms with E-state index in [-0.39, 0.29) is 11.5 Å². The largest absolute Gasteiger partial charge is 0.505 e. The fraction of sp³-hybridized carbons (Fsp3) is 0.267. The molecular formula is C15H15NO3. The number of ketones is 1. The van der Waals surface area contributed by atoms with E-state index in [9.17, 15) is 9.90 Å². The molecule has 4 heteroatoms. The maximum atomic E-state index is 11.9. The Morgan fingerprint density at radius 2 is 1.95 bits per heavy atom. The Labute approximate surface area is 111 Å². The van der Waals surface area contributed by atoms with E-state index in [1.165, 1.54) is 0 Å². The topological polar surface area (TPSA) is 62.3 Å². The number of aromatic amines is 1. The second-order valence-corrected chi connectivity index (χ2v) is 4.71. The van der Waals surface area contributed by atoms with Gasteiger partial charge in [0.15, 0.2) is 11.5 Å². The summed E-state index contributed by atoms with van der Waals surface area (Å²) in [6.07, 6.45) is 2.17. The third kappa shape index (κ3) is 1.89. The van der Waals surface area contributed by atoms with Crippen LogP contribution in [0.5, 0.6) is 11.5 Å². The standard InChI is InChI=1S/C15H15NO3/c1-19-10-7-5-9(6-8-10)14-15(18)13-11(16-14)3-2-4-12(13)17/h5-8,16,18H,2-4H2,1H3. The zero-order chi connectivity index (χ0) is 13.4. The van der Waals surface area contributed by atoms with Crippen LogP contribution >= 0.6 is 0 Å². The quantitative estimate of drug-likeness (QED) is 0.869. The lowest BCUT2D eigenvalue weighted by Crippen LogP contribution is -2.08. The van der Waals surface area contributed by atoms with Gasteiger partial charge in [0.1, 0.15) is 5.75 Å². The first-order valence-corrected chi connectivity index (χ1v) is 6.32. The molecule has 3 rings (SSSR count). The fourth-order valence-corrected chi connectivity index (χ4v) is 2.55. The van der Waals surface area contributed by atoms with Crippen molar-refractivity contribution in [3.63, 3.8) is 0 Å². The van der Waals surface area contributed by atoms with E-state index >= 15 is 0 Å². The molecule has 2 aromatic rings. The molecule has 0 spiro atoms. The number of aromatic hydroxyl groups is 1. The van der Waals surface area contributed by atoms with Gasteiger partial charge in [0, 0.05) is 17.7 Å². The number of hydrogen-bond donors (Lipinski definition) is 2. The van der Waals surface area contributed by atoms with Gasteiger partial charge in [-0.3, -0.25) is 4.79 Å². The molecule has 0 bridgehead atoms. The van der Waals surface area contributed by atoms with Gasteiger partial charge >= 0.3 is 0 Å². The van der Waals surface area contributed by atoms with Gasteiger partial charge in [0.2, 0.25) is 0 Å². The number of aryl methyl sites for hydroxylation is 1. The molecule has 98 valence electrons. The Kier molecular flexibility index (Phi) is 2.78. The van der Waals surface area contributed by atoms with Crippen molar-refractivity contribution in [2.24, 2.45) is 0 Å². The number of nitrogens with one attached hydrogen (secondary N) is 1. The maximum absolute atomic E-state index is 11.9. The molecule has 1 aromatic carbocycles. The molecule has 0 saturated carbocycles. The number of hydrogen-bond acceptors (Lipinski definition) is 3. The first-order chi connectivity index (χ1) is 9.20. The predicted octanol–water partition coefficient (Wildman–Crippen LogP) is 2.91. The van der Waals surface area contributed by atoms with E-state index in [0.717, 1.165) is 29.8 Å². The van der Waals surface area contributed by atoms with Crippen LogP contribution in [0.15, 0.2) is 24.3 Å². The van der Waals surface area contributed by atoms with Gasteiger partial charge in [-0.05, 0) is 37.1 Å². The number of carbonyl (C=O) groups excluding carboxylic acids is 1. The molecule has 1 heterocycles. The van der Waals surface area contributed by atoms with Gasteiger partial charge in [-0.15, -0.1) is 0 Å². The number of rotatable bonds is 2. The molecule has 1 aliphatic rings. The van der Waals surface area contributed by atoms with E-state index in [1.807, 2.05) is 24.3 Å². The number of benzene rings is 1. The zero-order valence-electron chi connectivity index (χ0n) is 10.7. The zero-order valence-corrected chi connectivity index (χ0v) is 10.7. The van der Waals surface area contributed by atoms with Crippen molar-refractivity contribution in [2.45, 2.75) is 19.3 Å². The predicted molar refractivity (Wildman–Crippen MR) is 71.7 cm³/mol. The minimum atomic E-state index is 0.0229. The van der Waals surface area contributed by atoms with Crippen LogP contribution in [0.1, 0.15) is 28.9 Å². The molecule has 0 saturated heterocycles. The second-order valence-electron chi connectivity index (χ2n) is 4.71. The van der Waals surface area contributed by atoms with E-state index in [2.05, 4.69) is 4.98 Å². The van der Waals surface area contributed by atoms with Crippen molar-refractivity contribution in [1.29, 1.82) is 0 Å². The van der Waals surface area contributed by atoms with Crippen molar-refractivity contribution in [2.75, 3.05) is 7.11 Å². The van der Waals surface area contributed by atoms with E-state index < -0.39 is 0 Å². The number of Topliss-reactive ketones (excluding diaryl/α,β-unsaturated/α-hetero) is 1. The van der Waals surface area contributed by atoms with Gasteiger partial charge in [-0.1, -0.05) is 0 Å². The SMILES string of the molecule is COc1ccc(-c2[nH]c3c(c2O)C(=O)CCC3)cc1. The second kappa shape index (κ2) is 4.46. The maximum Gasteiger partial charge on any atom is 0.168 e. The van der Waals surface area contributed by atoms with E-state index in [4.69, 9.17) is 4.74 Å². The van der Waals surface area contributed by atoms with Crippen molar-refractivity contribution in [3.05, 3.63) is 35.5 Å². The summed E-state index contributed by atoms with van der Waals surface area (Å²) in [5.74, 6) is 0.857. The van der Waals surface area contributed by atoms with E-state index in [1.54, 1.807) is 7.11 Å². The third-order valence-electron chi connectivity index (χ3n) is 3.54. The lowest BCUT2D eigenvalue weighted by Gasteiger charge is -2.08. The van der Waals surface area contributed by atoms with Crippen LogP contribution in [0.25, 0.3) is 11.3 Å². The number of methoxy groups -OCH3 is 1. The minimum Gasteiger partial charge on any atom is -0.505 e. The highest BCUT2D eigenvalue weighted by Crippen LogP contribution is 2.38. The molecule has 1 aliphatic carbocycles. The Balaban J connectivity index is 2.07. The highest BCUT2D eigenvalue weighted by atomic mass is 16.5. The summed E-state index contributed by atoms with van der Waals surface area (Å²) >= 11 is 0. The average molecular weight is 257 g/mol. The minimum absolute atomic E-state index is 0.0229. The summed E-state index contributed by atoms with van der Waals surface area (Å²) in [7, 11) is 1.61. The Hall–Kier alpha value is -2.23. The van der Waals surface area contributed by atoms with Gasteiger partial charge < -0.3 is 14.8 Å². The van der Waals surface area contributed by atoms with Gasteiger partial charge in [0.05, 0.1) is 18.4 Å². The first-order valence-electron chi connectivity index (χ1n) is 6.32. The molecule has 0 atom stereocenters. The van der Waals surface area contributed by atoms with Crippen molar-refractivity contribution < 1.29 is 14.6 Å². The molecule has 0 amide bonds. The molecular weight excluding hydrogens is 242 g/mol. The van der Waals surface area contributed by atoms with Gasteiger partial charge in [-0.25, -0.2) is 0 Å². The van der Waals surface area contributed by atoms with Crippen molar-refractivity contribution in [3.8, 4) is 22.8 Å². The van der Waals surface area contributed by atoms with Crippen LogP contribution in [-0.4, -0.2) is 23.0 Å². The Morgan fingerprint density at radius 1 is 1.21 bits per heavy atom. The molecule has 2 N–H and O–H groups in total. The number of fused-ring (bicyclic) bond motifs is 1.